The van der Waals surface area contributed by atoms with Gasteiger partial charge in [0.05, 0.1) is 26.1 Å². The van der Waals surface area contributed by atoms with Gasteiger partial charge in [-0.05, 0) is 48.0 Å². The Kier molecular flexibility index (Phi) is 8.41. The average molecular weight is 594 g/mol. The molecule has 2 aromatic heterocycles. The maximum Gasteiger partial charge on any atom is 0.243 e. The first-order valence-electron chi connectivity index (χ1n) is 12.6. The van der Waals surface area contributed by atoms with Gasteiger partial charge in [0.1, 0.15) is 33.7 Å². The van der Waals surface area contributed by atoms with Gasteiger partial charge in [-0.2, -0.15) is 5.10 Å². The number of hydrogen-bond donors (Lipinski definition) is 3. The summed E-state index contributed by atoms with van der Waals surface area (Å²) in [5.74, 6) is 1.07. The third kappa shape index (κ3) is 6.44. The van der Waals surface area contributed by atoms with Gasteiger partial charge >= 0.3 is 0 Å². The molecule has 0 radical (unpaired) electrons. The standard InChI is InChI=1S/C29H28ClN5O5S/c1-39-22-11-9-20(27(16-22)40-2)17-32-41(37,38)28-15-21(33-29(36)14-19-6-3-4-7-23(19)30)10-12-26(28)35-18-25-24(34-35)8-5-13-31-25/h3-13,15-16,18,29,32-33,36H,14,17H2,1-2H3. The van der Waals surface area contributed by atoms with E-state index in [1.807, 2.05) is 18.2 Å². The molecule has 0 amide bonds. The second-order valence-corrected chi connectivity index (χ2v) is 11.3. The summed E-state index contributed by atoms with van der Waals surface area (Å²) in [5, 5.41) is 18.7. The van der Waals surface area contributed by atoms with E-state index in [2.05, 4.69) is 20.1 Å². The Balaban J connectivity index is 1.48. The number of ether oxygens (including phenoxy) is 2. The van der Waals surface area contributed by atoms with E-state index in [9.17, 15) is 13.5 Å². The molecule has 3 aromatic carbocycles. The summed E-state index contributed by atoms with van der Waals surface area (Å²) in [4.78, 5) is 4.26. The molecule has 0 fully saturated rings. The molecule has 5 aromatic rings. The fraction of sp³-hybridized carbons (Fsp3) is 0.172. The normalized spacial score (nSPS) is 12.3. The van der Waals surface area contributed by atoms with Crippen LogP contribution in [0.4, 0.5) is 5.69 Å². The molecule has 3 N–H and O–H groups in total. The molecule has 212 valence electrons. The number of anilines is 1. The molecule has 5 rings (SSSR count). The summed E-state index contributed by atoms with van der Waals surface area (Å²) >= 11 is 6.25. The number of aliphatic hydroxyl groups is 1. The van der Waals surface area contributed by atoms with E-state index in [0.717, 1.165) is 5.56 Å². The second kappa shape index (κ2) is 12.1. The van der Waals surface area contributed by atoms with Crippen LogP contribution in [-0.4, -0.2) is 48.7 Å². The quantitative estimate of drug-likeness (QED) is 0.190. The number of sulfonamides is 1. The van der Waals surface area contributed by atoms with Gasteiger partial charge in [0, 0.05) is 41.5 Å². The summed E-state index contributed by atoms with van der Waals surface area (Å²) in [6.07, 6.45) is 2.50. The maximum absolute atomic E-state index is 13.8. The van der Waals surface area contributed by atoms with Crippen LogP contribution in [0.1, 0.15) is 11.1 Å². The lowest BCUT2D eigenvalue weighted by molar-refractivity contribution is 0.204. The second-order valence-electron chi connectivity index (χ2n) is 9.12. The van der Waals surface area contributed by atoms with Crippen molar-refractivity contribution in [2.24, 2.45) is 0 Å². The lowest BCUT2D eigenvalue weighted by atomic mass is 10.1. The lowest BCUT2D eigenvalue weighted by Crippen LogP contribution is -2.26. The highest BCUT2D eigenvalue weighted by Crippen LogP contribution is 2.28. The fourth-order valence-corrected chi connectivity index (χ4v) is 5.78. The molecular weight excluding hydrogens is 566 g/mol. The molecule has 0 saturated carbocycles. The molecular formula is C29H28ClN5O5S. The topological polar surface area (TPSA) is 128 Å². The van der Waals surface area contributed by atoms with Crippen LogP contribution in [0.25, 0.3) is 16.7 Å². The Morgan fingerprint density at radius 2 is 1.80 bits per heavy atom. The number of aromatic nitrogens is 3. The van der Waals surface area contributed by atoms with Crippen molar-refractivity contribution in [1.29, 1.82) is 0 Å². The number of nitrogens with one attached hydrogen (secondary N) is 2. The molecule has 1 unspecified atom stereocenters. The van der Waals surface area contributed by atoms with Crippen LogP contribution in [0.2, 0.25) is 5.02 Å². The minimum absolute atomic E-state index is 0.0373. The Bertz CT molecular complexity index is 1760. The smallest absolute Gasteiger partial charge is 0.243 e. The summed E-state index contributed by atoms with van der Waals surface area (Å²) in [5.41, 5.74) is 3.31. The van der Waals surface area contributed by atoms with Crippen molar-refractivity contribution in [3.8, 4) is 17.2 Å². The van der Waals surface area contributed by atoms with Crippen LogP contribution in [0, 0.1) is 0 Å². The minimum Gasteiger partial charge on any atom is -0.497 e. The van der Waals surface area contributed by atoms with E-state index < -0.39 is 16.3 Å². The summed E-state index contributed by atoms with van der Waals surface area (Å²) < 4.78 is 42.3. The van der Waals surface area contributed by atoms with Crippen molar-refractivity contribution in [2.75, 3.05) is 19.5 Å². The fourth-order valence-electron chi connectivity index (χ4n) is 4.35. The van der Waals surface area contributed by atoms with Crippen LogP contribution in [0.15, 0.2) is 90.1 Å². The molecule has 41 heavy (non-hydrogen) atoms. The third-order valence-electron chi connectivity index (χ3n) is 6.42. The van der Waals surface area contributed by atoms with Crippen LogP contribution in [-0.2, 0) is 23.0 Å². The number of nitrogens with zero attached hydrogens (tertiary/aromatic N) is 3. The van der Waals surface area contributed by atoms with Gasteiger partial charge in [0.15, 0.2) is 0 Å². The first-order valence-corrected chi connectivity index (χ1v) is 14.5. The van der Waals surface area contributed by atoms with Crippen molar-refractivity contribution in [1.82, 2.24) is 19.5 Å². The van der Waals surface area contributed by atoms with Crippen molar-refractivity contribution in [3.05, 3.63) is 101 Å². The van der Waals surface area contributed by atoms with Gasteiger partial charge in [-0.1, -0.05) is 35.9 Å². The zero-order valence-corrected chi connectivity index (χ0v) is 23.9. The Morgan fingerprint density at radius 1 is 0.976 bits per heavy atom. The van der Waals surface area contributed by atoms with Crippen molar-refractivity contribution < 1.29 is 23.0 Å². The summed E-state index contributed by atoms with van der Waals surface area (Å²) in [7, 11) is -1.05. The third-order valence-corrected chi connectivity index (χ3v) is 8.22. The zero-order valence-electron chi connectivity index (χ0n) is 22.3. The highest BCUT2D eigenvalue weighted by Gasteiger charge is 2.23. The first kappa shape index (κ1) is 28.4. The molecule has 0 aliphatic heterocycles. The van der Waals surface area contributed by atoms with Gasteiger partial charge in [0.25, 0.3) is 0 Å². The average Bonchev–Trinajstić information content (AvgIpc) is 3.41. The number of methoxy groups -OCH3 is 2. The minimum atomic E-state index is -4.10. The number of halogens is 1. The number of pyridine rings is 1. The zero-order chi connectivity index (χ0) is 29.0. The van der Waals surface area contributed by atoms with E-state index >= 15 is 0 Å². The molecule has 0 aliphatic rings. The Labute approximate surface area is 242 Å². The van der Waals surface area contributed by atoms with Crippen LogP contribution in [0.5, 0.6) is 11.5 Å². The van der Waals surface area contributed by atoms with Gasteiger partial charge in [-0.25, -0.2) is 17.8 Å². The van der Waals surface area contributed by atoms with Gasteiger partial charge in [-0.15, -0.1) is 0 Å². The van der Waals surface area contributed by atoms with Crippen molar-refractivity contribution >= 4 is 38.3 Å². The Hall–Kier alpha value is -4.16. The number of rotatable bonds is 11. The molecule has 0 saturated heterocycles. The molecule has 0 spiro atoms. The van der Waals surface area contributed by atoms with Gasteiger partial charge in [-0.3, -0.25) is 4.98 Å². The highest BCUT2D eigenvalue weighted by molar-refractivity contribution is 7.89. The largest absolute Gasteiger partial charge is 0.497 e. The molecule has 0 aliphatic carbocycles. The lowest BCUT2D eigenvalue weighted by Gasteiger charge is -2.18. The predicted molar refractivity (Wildman–Crippen MR) is 157 cm³/mol. The molecule has 2 heterocycles. The van der Waals surface area contributed by atoms with Crippen LogP contribution < -0.4 is 19.5 Å². The van der Waals surface area contributed by atoms with Gasteiger partial charge in [0.2, 0.25) is 10.0 Å². The predicted octanol–water partition coefficient (Wildman–Crippen LogP) is 4.54. The van der Waals surface area contributed by atoms with Gasteiger partial charge < -0.3 is 19.9 Å². The van der Waals surface area contributed by atoms with E-state index in [-0.39, 0.29) is 17.9 Å². The molecule has 12 heteroatoms. The molecule has 1 atom stereocenters. The van der Waals surface area contributed by atoms with E-state index in [1.165, 1.54) is 17.9 Å². The van der Waals surface area contributed by atoms with E-state index in [1.54, 1.807) is 68.0 Å². The monoisotopic (exact) mass is 593 g/mol. The SMILES string of the molecule is COc1ccc(CNS(=O)(=O)c2cc(NC(O)Cc3ccccc3Cl)ccc2-n2cc3ncccc3n2)c(OC)c1. The number of aliphatic hydroxyl groups excluding tert-OH is 1. The van der Waals surface area contributed by atoms with E-state index in [0.29, 0.717) is 44.5 Å². The first-order chi connectivity index (χ1) is 19.8. The maximum atomic E-state index is 13.8. The van der Waals surface area contributed by atoms with Crippen LogP contribution >= 0.6 is 11.6 Å². The summed E-state index contributed by atoms with van der Waals surface area (Å²) in [6, 6.07) is 20.7. The Morgan fingerprint density at radius 3 is 2.56 bits per heavy atom. The van der Waals surface area contributed by atoms with Crippen molar-refractivity contribution in [2.45, 2.75) is 24.1 Å². The number of fused-ring (bicyclic) bond motifs is 1. The number of benzene rings is 3. The molecule has 0 bridgehead atoms. The highest BCUT2D eigenvalue weighted by atomic mass is 35.5. The van der Waals surface area contributed by atoms with Crippen LogP contribution in [0.3, 0.4) is 0 Å². The number of hydrogen-bond acceptors (Lipinski definition) is 8. The van der Waals surface area contributed by atoms with E-state index in [4.69, 9.17) is 21.1 Å². The summed E-state index contributed by atoms with van der Waals surface area (Å²) in [6.45, 7) is -0.0373. The molecule has 10 nitrogen and oxygen atoms in total. The van der Waals surface area contributed by atoms with Crippen molar-refractivity contribution in [3.63, 3.8) is 0 Å².